The lowest BCUT2D eigenvalue weighted by Crippen LogP contribution is -2.25. The van der Waals surface area contributed by atoms with Crippen LogP contribution in [0.5, 0.6) is 0 Å². The fraction of sp³-hybridized carbons (Fsp3) is 0.583. The van der Waals surface area contributed by atoms with Crippen molar-refractivity contribution in [3.8, 4) is 0 Å². The molecule has 0 saturated carbocycles. The predicted molar refractivity (Wildman–Crippen MR) is 78.2 cm³/mol. The Kier molecular flexibility index (Phi) is 7.83. The van der Waals surface area contributed by atoms with Gasteiger partial charge in [-0.25, -0.2) is 13.1 Å². The first kappa shape index (κ1) is 18.1. The number of carboxylic acids is 1. The summed E-state index contributed by atoms with van der Waals surface area (Å²) in [6.07, 6.45) is 0.379. The molecule has 0 aliphatic carbocycles. The van der Waals surface area contributed by atoms with Crippen molar-refractivity contribution in [3.05, 3.63) is 17.0 Å². The fourth-order valence-electron chi connectivity index (χ4n) is 1.44. The van der Waals surface area contributed by atoms with Crippen LogP contribution in [-0.2, 0) is 30.7 Å². The maximum Gasteiger partial charge on any atom is 0.308 e. The average Bonchev–Trinajstić information content (AvgIpc) is 2.86. The van der Waals surface area contributed by atoms with E-state index in [9.17, 15) is 13.2 Å². The van der Waals surface area contributed by atoms with Crippen LogP contribution in [0.3, 0.4) is 0 Å². The highest BCUT2D eigenvalue weighted by Crippen LogP contribution is 2.21. The van der Waals surface area contributed by atoms with Crippen LogP contribution in [-0.4, -0.2) is 53.0 Å². The molecule has 0 aliphatic rings. The zero-order chi connectivity index (χ0) is 15.7. The average molecular weight is 337 g/mol. The molecule has 1 aromatic heterocycles. The molecule has 9 heteroatoms. The second-order valence-electron chi connectivity index (χ2n) is 4.15. The molecule has 0 spiro atoms. The summed E-state index contributed by atoms with van der Waals surface area (Å²) in [5, 5.41) is 8.66. The van der Waals surface area contributed by atoms with Gasteiger partial charge in [0.25, 0.3) is 0 Å². The number of hydrogen-bond donors (Lipinski definition) is 2. The largest absolute Gasteiger partial charge is 0.481 e. The number of nitrogens with one attached hydrogen (secondary N) is 1. The summed E-state index contributed by atoms with van der Waals surface area (Å²) < 4.78 is 36.5. The number of thiophene rings is 1. The van der Waals surface area contributed by atoms with E-state index in [1.807, 2.05) is 0 Å². The number of carboxylic acid groups (broad SMARTS) is 1. The standard InChI is InChI=1S/C12H19NO6S2/c1-18-7-8-19-6-2-5-13-21(16,17)12-4-3-10(20-12)9-11(14)15/h3-4,13H,2,5-9H2,1H3,(H,14,15). The van der Waals surface area contributed by atoms with E-state index in [0.29, 0.717) is 31.1 Å². The van der Waals surface area contributed by atoms with Crippen LogP contribution in [0, 0.1) is 0 Å². The zero-order valence-corrected chi connectivity index (χ0v) is 13.3. The van der Waals surface area contributed by atoms with Gasteiger partial charge in [0.1, 0.15) is 4.21 Å². The molecule has 120 valence electrons. The number of hydrogen-bond acceptors (Lipinski definition) is 6. The lowest BCUT2D eigenvalue weighted by atomic mass is 10.3. The van der Waals surface area contributed by atoms with Gasteiger partial charge in [0.05, 0.1) is 19.6 Å². The van der Waals surface area contributed by atoms with Gasteiger partial charge in [-0.3, -0.25) is 4.79 Å². The summed E-state index contributed by atoms with van der Waals surface area (Å²) in [5.74, 6) is -0.984. The topological polar surface area (TPSA) is 102 Å². The molecule has 0 fully saturated rings. The number of ether oxygens (including phenoxy) is 2. The van der Waals surface area contributed by atoms with Gasteiger partial charge in [0, 0.05) is 25.1 Å². The molecule has 0 aromatic carbocycles. The summed E-state index contributed by atoms with van der Waals surface area (Å²) in [4.78, 5) is 11.1. The van der Waals surface area contributed by atoms with E-state index in [0.717, 1.165) is 11.3 Å². The van der Waals surface area contributed by atoms with E-state index in [-0.39, 0.29) is 17.2 Å². The van der Waals surface area contributed by atoms with Gasteiger partial charge < -0.3 is 14.6 Å². The van der Waals surface area contributed by atoms with Crippen LogP contribution < -0.4 is 4.72 Å². The first-order valence-electron chi connectivity index (χ1n) is 6.32. The summed E-state index contributed by atoms with van der Waals surface area (Å²) in [7, 11) is -2.00. The van der Waals surface area contributed by atoms with Gasteiger partial charge in [-0.1, -0.05) is 0 Å². The molecule has 0 atom stereocenters. The third kappa shape index (κ3) is 7.00. The molecule has 0 unspecified atom stereocenters. The molecule has 7 nitrogen and oxygen atoms in total. The molecule has 1 rings (SSSR count). The number of carbonyl (C=O) groups is 1. The van der Waals surface area contributed by atoms with Gasteiger partial charge in [-0.15, -0.1) is 11.3 Å². The Morgan fingerprint density at radius 2 is 2.10 bits per heavy atom. The van der Waals surface area contributed by atoms with E-state index in [4.69, 9.17) is 14.6 Å². The Hall–Kier alpha value is -1.00. The van der Waals surface area contributed by atoms with Crippen LogP contribution in [0.15, 0.2) is 16.3 Å². The molecule has 0 bridgehead atoms. The van der Waals surface area contributed by atoms with Crippen molar-refractivity contribution in [3.63, 3.8) is 0 Å². The van der Waals surface area contributed by atoms with Gasteiger partial charge in [0.15, 0.2) is 0 Å². The Labute approximate surface area is 127 Å². The molecular formula is C12H19NO6S2. The first-order chi connectivity index (χ1) is 9.95. The van der Waals surface area contributed by atoms with Crippen molar-refractivity contribution in [1.82, 2.24) is 4.72 Å². The van der Waals surface area contributed by atoms with E-state index in [1.54, 1.807) is 7.11 Å². The van der Waals surface area contributed by atoms with E-state index < -0.39 is 16.0 Å². The van der Waals surface area contributed by atoms with Crippen molar-refractivity contribution in [2.45, 2.75) is 17.1 Å². The Bertz CT molecular complexity index is 540. The molecule has 21 heavy (non-hydrogen) atoms. The quantitative estimate of drug-likeness (QED) is 0.577. The molecular weight excluding hydrogens is 318 g/mol. The fourth-order valence-corrected chi connectivity index (χ4v) is 3.91. The highest BCUT2D eigenvalue weighted by molar-refractivity contribution is 7.91. The van der Waals surface area contributed by atoms with E-state index in [1.165, 1.54) is 12.1 Å². The summed E-state index contributed by atoms with van der Waals surface area (Å²) >= 11 is 0.964. The number of methoxy groups -OCH3 is 1. The minimum atomic E-state index is -3.58. The third-order valence-electron chi connectivity index (χ3n) is 2.42. The van der Waals surface area contributed by atoms with Crippen molar-refractivity contribution in [2.24, 2.45) is 0 Å². The van der Waals surface area contributed by atoms with Gasteiger partial charge in [-0.2, -0.15) is 0 Å². The van der Waals surface area contributed by atoms with Gasteiger partial charge in [-0.05, 0) is 18.6 Å². The predicted octanol–water partition coefficient (Wildman–Crippen LogP) is 0.707. The smallest absolute Gasteiger partial charge is 0.308 e. The molecule has 2 N–H and O–H groups in total. The van der Waals surface area contributed by atoms with Gasteiger partial charge in [0.2, 0.25) is 10.0 Å². The minimum Gasteiger partial charge on any atom is -0.481 e. The van der Waals surface area contributed by atoms with E-state index >= 15 is 0 Å². The number of rotatable bonds is 11. The van der Waals surface area contributed by atoms with Crippen LogP contribution in [0.1, 0.15) is 11.3 Å². The van der Waals surface area contributed by atoms with Crippen LogP contribution in [0.25, 0.3) is 0 Å². The SMILES string of the molecule is COCCOCCCNS(=O)(=O)c1ccc(CC(=O)O)s1. The maximum atomic E-state index is 12.0. The van der Waals surface area contributed by atoms with Gasteiger partial charge >= 0.3 is 5.97 Å². The van der Waals surface area contributed by atoms with Crippen molar-refractivity contribution in [1.29, 1.82) is 0 Å². The van der Waals surface area contributed by atoms with Crippen molar-refractivity contribution >= 4 is 27.3 Å². The monoisotopic (exact) mass is 337 g/mol. The molecule has 1 heterocycles. The second-order valence-corrected chi connectivity index (χ2v) is 7.31. The molecule has 0 saturated heterocycles. The third-order valence-corrected chi connectivity index (χ3v) is 5.45. The van der Waals surface area contributed by atoms with Crippen molar-refractivity contribution in [2.75, 3.05) is 33.5 Å². The van der Waals surface area contributed by atoms with Crippen molar-refractivity contribution < 1.29 is 27.8 Å². The summed E-state index contributed by atoms with van der Waals surface area (Å²) in [5.41, 5.74) is 0. The lowest BCUT2D eigenvalue weighted by molar-refractivity contribution is -0.136. The van der Waals surface area contributed by atoms with Crippen LogP contribution >= 0.6 is 11.3 Å². The minimum absolute atomic E-state index is 0.124. The molecule has 0 amide bonds. The lowest BCUT2D eigenvalue weighted by Gasteiger charge is -2.05. The Balaban J connectivity index is 2.36. The highest BCUT2D eigenvalue weighted by Gasteiger charge is 2.16. The van der Waals surface area contributed by atoms with E-state index in [2.05, 4.69) is 4.72 Å². The molecule has 1 aromatic rings. The molecule has 0 radical (unpaired) electrons. The summed E-state index contributed by atoms with van der Waals surface area (Å²) in [6.45, 7) is 1.70. The normalized spacial score (nSPS) is 11.7. The highest BCUT2D eigenvalue weighted by atomic mass is 32.2. The Morgan fingerprint density at radius 1 is 1.33 bits per heavy atom. The Morgan fingerprint density at radius 3 is 2.76 bits per heavy atom. The number of aliphatic carboxylic acids is 1. The summed E-state index contributed by atoms with van der Waals surface area (Å²) in [6, 6.07) is 2.93. The number of sulfonamides is 1. The van der Waals surface area contributed by atoms with Crippen LogP contribution in [0.2, 0.25) is 0 Å². The molecule has 0 aliphatic heterocycles. The van der Waals surface area contributed by atoms with Crippen LogP contribution in [0.4, 0.5) is 0 Å². The first-order valence-corrected chi connectivity index (χ1v) is 8.62. The zero-order valence-electron chi connectivity index (χ0n) is 11.7. The maximum absolute atomic E-state index is 12.0. The second kappa shape index (κ2) is 9.11.